The second-order valence-corrected chi connectivity index (χ2v) is 7.90. The molecule has 0 bridgehead atoms. The third kappa shape index (κ3) is 2.70. The van der Waals surface area contributed by atoms with E-state index in [1.54, 1.807) is 23.5 Å². The minimum absolute atomic E-state index is 0.0418. The van der Waals surface area contributed by atoms with E-state index < -0.39 is 12.0 Å². The quantitative estimate of drug-likeness (QED) is 0.429. The Bertz CT molecular complexity index is 794. The van der Waals surface area contributed by atoms with E-state index in [2.05, 4.69) is 10.5 Å². The minimum Gasteiger partial charge on any atom is -0.477 e. The zero-order chi connectivity index (χ0) is 18.4. The van der Waals surface area contributed by atoms with Crippen LogP contribution >= 0.6 is 23.5 Å². The second kappa shape index (κ2) is 6.63. The van der Waals surface area contributed by atoms with Crippen molar-refractivity contribution in [2.45, 2.75) is 11.4 Å². The van der Waals surface area contributed by atoms with E-state index in [9.17, 15) is 19.8 Å². The number of carbonyl (C=O) groups excluding carboxylic acids is 1. The molecule has 4 heterocycles. The molecule has 1 amide bonds. The zero-order valence-electron chi connectivity index (χ0n) is 13.4. The van der Waals surface area contributed by atoms with Gasteiger partial charge in [0.1, 0.15) is 23.8 Å². The van der Waals surface area contributed by atoms with Crippen LogP contribution < -0.4 is 11.3 Å². The van der Waals surface area contributed by atoms with E-state index in [4.69, 9.17) is 5.73 Å². The number of nitrogens with one attached hydrogen (secondary N) is 1. The molecule has 0 saturated carbocycles. The Morgan fingerprint density at radius 1 is 1.54 bits per heavy atom. The molecule has 4 aliphatic rings. The van der Waals surface area contributed by atoms with Crippen LogP contribution in [0.2, 0.25) is 0 Å². The molecule has 5 N–H and O–H groups in total. The second-order valence-electron chi connectivity index (χ2n) is 5.80. The van der Waals surface area contributed by atoms with E-state index >= 15 is 0 Å². The molecular formula is C14H16N6O4S2. The molecule has 138 valence electrons. The normalized spacial score (nSPS) is 27.2. The molecule has 0 spiro atoms. The highest BCUT2D eigenvalue weighted by Gasteiger charge is 2.51. The lowest BCUT2D eigenvalue weighted by Crippen LogP contribution is -2.68. The van der Waals surface area contributed by atoms with Gasteiger partial charge < -0.3 is 15.9 Å². The average Bonchev–Trinajstić information content (AvgIpc) is 3.08. The summed E-state index contributed by atoms with van der Waals surface area (Å²) in [5.41, 5.74) is 9.43. The number of aliphatic hydroxyl groups is 1. The van der Waals surface area contributed by atoms with Gasteiger partial charge in [0, 0.05) is 17.7 Å². The van der Waals surface area contributed by atoms with Crippen LogP contribution in [0.3, 0.4) is 0 Å². The maximum absolute atomic E-state index is 12.0. The Hall–Kier alpha value is -1.99. The lowest BCUT2D eigenvalue weighted by molar-refractivity contribution is -0.147. The number of aliphatic carboxylic acids is 1. The topological polar surface area (TPSA) is 135 Å². The Morgan fingerprint density at radius 2 is 2.35 bits per heavy atom. The Labute approximate surface area is 157 Å². The maximum Gasteiger partial charge on any atom is 0.352 e. The van der Waals surface area contributed by atoms with Gasteiger partial charge in [0.25, 0.3) is 0 Å². The summed E-state index contributed by atoms with van der Waals surface area (Å²) in [5, 5.41) is 22.5. The number of hydrogen-bond acceptors (Lipinski definition) is 10. The molecule has 1 unspecified atom stereocenters. The van der Waals surface area contributed by atoms with Crippen LogP contribution in [-0.2, 0) is 9.59 Å². The van der Waals surface area contributed by atoms with E-state index in [0.717, 1.165) is 5.03 Å². The number of hydrogen-bond donors (Lipinski definition) is 4. The van der Waals surface area contributed by atoms with Crippen molar-refractivity contribution in [3.8, 4) is 0 Å². The third-order valence-corrected chi connectivity index (χ3v) is 6.68. The van der Waals surface area contributed by atoms with Crippen LogP contribution in [0.5, 0.6) is 0 Å². The fourth-order valence-electron chi connectivity index (χ4n) is 2.95. The molecule has 26 heavy (non-hydrogen) atoms. The minimum atomic E-state index is -1.11. The van der Waals surface area contributed by atoms with Crippen molar-refractivity contribution in [3.05, 3.63) is 34.4 Å². The fraction of sp³-hybridized carbons (Fsp3) is 0.357. The number of carboxylic acid groups (broad SMARTS) is 1. The smallest absolute Gasteiger partial charge is 0.352 e. The first kappa shape index (κ1) is 17.4. The summed E-state index contributed by atoms with van der Waals surface area (Å²) in [6.45, 7) is -0.211. The van der Waals surface area contributed by atoms with Gasteiger partial charge in [-0.25, -0.2) is 14.8 Å². The first-order chi connectivity index (χ1) is 12.5. The van der Waals surface area contributed by atoms with Gasteiger partial charge in [-0.05, 0) is 11.6 Å². The molecule has 0 aromatic rings. The molecular weight excluding hydrogens is 380 g/mol. The van der Waals surface area contributed by atoms with Crippen molar-refractivity contribution in [1.82, 2.24) is 20.5 Å². The van der Waals surface area contributed by atoms with Crippen LogP contribution in [-0.4, -0.2) is 72.9 Å². The molecule has 1 saturated heterocycles. The first-order valence-corrected chi connectivity index (χ1v) is 9.73. The maximum atomic E-state index is 12.0. The van der Waals surface area contributed by atoms with Gasteiger partial charge in [-0.1, -0.05) is 0 Å². The van der Waals surface area contributed by atoms with Crippen LogP contribution in [0.4, 0.5) is 0 Å². The number of fused-ring (bicyclic) bond motifs is 2. The molecule has 0 aliphatic carbocycles. The zero-order valence-corrected chi connectivity index (χ0v) is 15.0. The molecule has 0 aromatic carbocycles. The SMILES string of the molecule is NC1C(=O)N2C(C(=O)O)=C(CSC3=CC=NC4=CN(CO)NN43)CS[C@H]12. The predicted molar refractivity (Wildman–Crippen MR) is 96.7 cm³/mol. The number of β-lactam (4-membered cyclic amide) rings is 1. The van der Waals surface area contributed by atoms with Gasteiger partial charge in [-0.15, -0.1) is 29.1 Å². The molecule has 4 rings (SSSR count). The van der Waals surface area contributed by atoms with Crippen LogP contribution in [0.15, 0.2) is 39.4 Å². The van der Waals surface area contributed by atoms with E-state index in [1.165, 1.54) is 33.4 Å². The summed E-state index contributed by atoms with van der Waals surface area (Å²) in [4.78, 5) is 29.2. The van der Waals surface area contributed by atoms with E-state index in [1.807, 2.05) is 0 Å². The molecule has 0 radical (unpaired) electrons. The molecule has 1 fully saturated rings. The molecule has 0 aromatic heterocycles. The lowest BCUT2D eigenvalue weighted by atomic mass is 10.0. The van der Waals surface area contributed by atoms with Crippen molar-refractivity contribution in [1.29, 1.82) is 0 Å². The van der Waals surface area contributed by atoms with Crippen molar-refractivity contribution < 1.29 is 19.8 Å². The number of thioether (sulfide) groups is 2. The number of allylic oxidation sites excluding steroid dienone is 1. The van der Waals surface area contributed by atoms with Gasteiger partial charge in [-0.2, -0.15) is 0 Å². The highest BCUT2D eigenvalue weighted by molar-refractivity contribution is 8.03. The Balaban J connectivity index is 1.51. The van der Waals surface area contributed by atoms with Gasteiger partial charge >= 0.3 is 5.97 Å². The number of aliphatic hydroxyl groups excluding tert-OH is 1. The Morgan fingerprint density at radius 3 is 3.08 bits per heavy atom. The van der Waals surface area contributed by atoms with E-state index in [0.29, 0.717) is 22.9 Å². The van der Waals surface area contributed by atoms with Gasteiger partial charge in [-0.3, -0.25) is 14.7 Å². The number of nitrogens with two attached hydrogens (primary N) is 1. The third-order valence-electron chi connectivity index (χ3n) is 4.21. The van der Waals surface area contributed by atoms with Gasteiger partial charge in [0.05, 0.1) is 11.2 Å². The number of nitrogens with zero attached hydrogens (tertiary/aromatic N) is 4. The van der Waals surface area contributed by atoms with Crippen LogP contribution in [0.25, 0.3) is 0 Å². The highest BCUT2D eigenvalue weighted by atomic mass is 32.2. The molecule has 10 nitrogen and oxygen atoms in total. The fourth-order valence-corrected chi connectivity index (χ4v) is 5.35. The van der Waals surface area contributed by atoms with Crippen molar-refractivity contribution in [2.75, 3.05) is 18.2 Å². The summed E-state index contributed by atoms with van der Waals surface area (Å²) >= 11 is 2.91. The number of hydrazine groups is 2. The highest BCUT2D eigenvalue weighted by Crippen LogP contribution is 2.41. The Kier molecular flexibility index (Phi) is 4.44. The van der Waals surface area contributed by atoms with Crippen molar-refractivity contribution in [3.63, 3.8) is 0 Å². The summed E-state index contributed by atoms with van der Waals surface area (Å²) in [6, 6.07) is -0.633. The van der Waals surface area contributed by atoms with Crippen LogP contribution in [0, 0.1) is 0 Å². The average molecular weight is 396 g/mol. The van der Waals surface area contributed by atoms with Crippen molar-refractivity contribution in [2.24, 2.45) is 10.7 Å². The summed E-state index contributed by atoms with van der Waals surface area (Å²) in [6.07, 6.45) is 5.09. The standard InChI is InChI=1S/C14H16N6O4S2/c15-10-12(22)19-11(14(23)24)7(5-26-13(10)19)4-25-9-1-2-16-8-3-18(6-21)17-20(8)9/h1-3,10,13,17,21H,4-6,15H2,(H,23,24)/t10?,13-/m1/s1. The summed E-state index contributed by atoms with van der Waals surface area (Å²) in [7, 11) is 0. The lowest BCUT2D eigenvalue weighted by Gasteiger charge is -2.48. The first-order valence-electron chi connectivity index (χ1n) is 7.69. The predicted octanol–water partition coefficient (Wildman–Crippen LogP) is -0.988. The molecule has 12 heteroatoms. The monoisotopic (exact) mass is 396 g/mol. The summed E-state index contributed by atoms with van der Waals surface area (Å²) in [5.74, 6) is 0.0769. The number of carbonyl (C=O) groups is 2. The molecule has 2 atom stereocenters. The van der Waals surface area contributed by atoms with Gasteiger partial charge in [0.15, 0.2) is 5.82 Å². The van der Waals surface area contributed by atoms with E-state index in [-0.39, 0.29) is 23.7 Å². The van der Waals surface area contributed by atoms with Gasteiger partial charge in [0.2, 0.25) is 5.91 Å². The van der Waals surface area contributed by atoms with Crippen molar-refractivity contribution >= 4 is 41.6 Å². The summed E-state index contributed by atoms with van der Waals surface area (Å²) < 4.78 is 0. The largest absolute Gasteiger partial charge is 0.477 e. The number of carboxylic acids is 1. The van der Waals surface area contributed by atoms with Crippen LogP contribution in [0.1, 0.15) is 0 Å². The number of amides is 1. The molecule has 4 aliphatic heterocycles. The number of aliphatic imine (C=N–C) groups is 1. The number of rotatable bonds is 5.